The second-order valence-corrected chi connectivity index (χ2v) is 5.83. The van der Waals surface area contributed by atoms with E-state index >= 15 is 0 Å². The monoisotopic (exact) mass is 381 g/mol. The molecule has 6 heteroatoms. The van der Waals surface area contributed by atoms with Crippen molar-refractivity contribution < 1.29 is 17.9 Å². The lowest BCUT2D eigenvalue weighted by Crippen LogP contribution is -2.07. The van der Waals surface area contributed by atoms with E-state index in [1.165, 1.54) is 25.3 Å². The van der Waals surface area contributed by atoms with E-state index in [-0.39, 0.29) is 11.4 Å². The van der Waals surface area contributed by atoms with E-state index in [0.29, 0.717) is 16.5 Å². The third kappa shape index (κ3) is 3.03. The molecular formula is C17H11BrF3NO. The van der Waals surface area contributed by atoms with E-state index in [2.05, 4.69) is 20.9 Å². The van der Waals surface area contributed by atoms with Crippen LogP contribution in [0.3, 0.4) is 0 Å². The van der Waals surface area contributed by atoms with Crippen LogP contribution in [0.2, 0.25) is 0 Å². The quantitative estimate of drug-likeness (QED) is 0.568. The van der Waals surface area contributed by atoms with Crippen LogP contribution in [-0.4, -0.2) is 12.1 Å². The molecule has 0 radical (unpaired) electrons. The van der Waals surface area contributed by atoms with Gasteiger partial charge in [0, 0.05) is 15.9 Å². The fourth-order valence-corrected chi connectivity index (χ4v) is 2.83. The third-order valence-electron chi connectivity index (χ3n) is 3.48. The van der Waals surface area contributed by atoms with Gasteiger partial charge in [-0.2, -0.15) is 13.2 Å². The molecule has 0 aliphatic heterocycles. The maximum Gasteiger partial charge on any atom is 0.417 e. The molecule has 0 aliphatic carbocycles. The first-order valence-corrected chi connectivity index (χ1v) is 7.50. The molecule has 0 aliphatic rings. The molecule has 0 spiro atoms. The van der Waals surface area contributed by atoms with E-state index in [1.54, 1.807) is 24.3 Å². The van der Waals surface area contributed by atoms with Crippen LogP contribution in [0.1, 0.15) is 5.56 Å². The molecule has 0 bridgehead atoms. The molecule has 0 fully saturated rings. The maximum atomic E-state index is 13.3. The number of ether oxygens (including phenoxy) is 1. The van der Waals surface area contributed by atoms with E-state index < -0.39 is 11.7 Å². The maximum absolute atomic E-state index is 13.3. The molecule has 0 saturated carbocycles. The zero-order chi connectivity index (χ0) is 16.6. The first-order chi connectivity index (χ1) is 10.9. The van der Waals surface area contributed by atoms with Crippen LogP contribution in [0.25, 0.3) is 22.0 Å². The fraction of sp³-hybridized carbons (Fsp3) is 0.118. The summed E-state index contributed by atoms with van der Waals surface area (Å²) in [5, 5.41) is 0.622. The van der Waals surface area contributed by atoms with Gasteiger partial charge in [-0.1, -0.05) is 34.1 Å². The SMILES string of the molecule is COc1cc(-c2ccccc2C(F)(F)F)c2cc(Br)ccc2n1. The minimum absolute atomic E-state index is 0.101. The minimum Gasteiger partial charge on any atom is -0.481 e. The van der Waals surface area contributed by atoms with Gasteiger partial charge in [0.25, 0.3) is 0 Å². The van der Waals surface area contributed by atoms with Gasteiger partial charge in [0.05, 0.1) is 18.2 Å². The molecule has 3 aromatic rings. The van der Waals surface area contributed by atoms with Crippen molar-refractivity contribution in [2.75, 3.05) is 7.11 Å². The van der Waals surface area contributed by atoms with Crippen molar-refractivity contribution in [3.05, 3.63) is 58.6 Å². The van der Waals surface area contributed by atoms with Gasteiger partial charge in [0.1, 0.15) is 0 Å². The topological polar surface area (TPSA) is 22.1 Å². The Morgan fingerprint density at radius 3 is 2.43 bits per heavy atom. The van der Waals surface area contributed by atoms with Crippen molar-refractivity contribution in [1.82, 2.24) is 4.98 Å². The van der Waals surface area contributed by atoms with E-state index in [4.69, 9.17) is 4.74 Å². The fourth-order valence-electron chi connectivity index (χ4n) is 2.47. The molecule has 2 aromatic carbocycles. The van der Waals surface area contributed by atoms with Crippen LogP contribution >= 0.6 is 15.9 Å². The smallest absolute Gasteiger partial charge is 0.417 e. The first-order valence-electron chi connectivity index (χ1n) is 6.71. The highest BCUT2D eigenvalue weighted by atomic mass is 79.9. The number of benzene rings is 2. The summed E-state index contributed by atoms with van der Waals surface area (Å²) in [6.45, 7) is 0. The summed E-state index contributed by atoms with van der Waals surface area (Å²) in [5.41, 5.74) is 0.416. The number of alkyl halides is 3. The molecular weight excluding hydrogens is 371 g/mol. The molecule has 0 N–H and O–H groups in total. The Morgan fingerprint density at radius 1 is 1.00 bits per heavy atom. The largest absolute Gasteiger partial charge is 0.481 e. The number of hydrogen-bond acceptors (Lipinski definition) is 2. The van der Waals surface area contributed by atoms with Gasteiger partial charge >= 0.3 is 6.18 Å². The zero-order valence-corrected chi connectivity index (χ0v) is 13.6. The Labute approximate surface area is 139 Å². The van der Waals surface area contributed by atoms with Crippen LogP contribution in [0.4, 0.5) is 13.2 Å². The normalized spacial score (nSPS) is 11.7. The average Bonchev–Trinajstić information content (AvgIpc) is 2.53. The molecule has 0 amide bonds. The second-order valence-electron chi connectivity index (χ2n) is 4.92. The summed E-state index contributed by atoms with van der Waals surface area (Å²) in [5.74, 6) is 0.270. The standard InChI is InChI=1S/C17H11BrF3NO/c1-23-16-9-12(13-8-10(18)6-7-15(13)22-16)11-4-2-3-5-14(11)17(19,20)21/h2-9H,1H3. The molecule has 118 valence electrons. The number of aromatic nitrogens is 1. The van der Waals surface area contributed by atoms with Gasteiger partial charge in [0.2, 0.25) is 5.88 Å². The van der Waals surface area contributed by atoms with Crippen LogP contribution in [0.5, 0.6) is 5.88 Å². The van der Waals surface area contributed by atoms with Gasteiger partial charge < -0.3 is 4.74 Å². The van der Waals surface area contributed by atoms with Crippen molar-refractivity contribution in [3.8, 4) is 17.0 Å². The van der Waals surface area contributed by atoms with Crippen molar-refractivity contribution in [1.29, 1.82) is 0 Å². The lowest BCUT2D eigenvalue weighted by molar-refractivity contribution is -0.137. The molecule has 0 saturated heterocycles. The number of rotatable bonds is 2. The lowest BCUT2D eigenvalue weighted by atomic mass is 9.96. The summed E-state index contributed by atoms with van der Waals surface area (Å²) in [4.78, 5) is 4.29. The van der Waals surface area contributed by atoms with Crippen molar-refractivity contribution in [2.45, 2.75) is 6.18 Å². The number of methoxy groups -OCH3 is 1. The molecule has 1 heterocycles. The van der Waals surface area contributed by atoms with E-state index in [1.807, 2.05) is 0 Å². The molecule has 0 atom stereocenters. The summed E-state index contributed by atoms with van der Waals surface area (Å²) in [6, 6.07) is 12.3. The van der Waals surface area contributed by atoms with Crippen molar-refractivity contribution in [2.24, 2.45) is 0 Å². The summed E-state index contributed by atoms with van der Waals surface area (Å²) in [6.07, 6.45) is -4.44. The lowest BCUT2D eigenvalue weighted by Gasteiger charge is -2.15. The summed E-state index contributed by atoms with van der Waals surface area (Å²) in [7, 11) is 1.44. The van der Waals surface area contributed by atoms with E-state index in [9.17, 15) is 13.2 Å². The molecule has 1 aromatic heterocycles. The summed E-state index contributed by atoms with van der Waals surface area (Å²) < 4.78 is 45.9. The Morgan fingerprint density at radius 2 is 1.74 bits per heavy atom. The predicted octanol–water partition coefficient (Wildman–Crippen LogP) is 5.69. The van der Waals surface area contributed by atoms with Crippen LogP contribution in [0.15, 0.2) is 53.0 Å². The highest BCUT2D eigenvalue weighted by Crippen LogP contribution is 2.40. The Balaban J connectivity index is 2.38. The first kappa shape index (κ1) is 15.8. The van der Waals surface area contributed by atoms with Crippen LogP contribution in [0, 0.1) is 0 Å². The number of hydrogen-bond donors (Lipinski definition) is 0. The molecule has 0 unspecified atom stereocenters. The Bertz CT molecular complexity index is 877. The molecule has 3 rings (SSSR count). The predicted molar refractivity (Wildman–Crippen MR) is 86.4 cm³/mol. The second kappa shape index (κ2) is 5.85. The molecule has 23 heavy (non-hydrogen) atoms. The van der Waals surface area contributed by atoms with Gasteiger partial charge in [-0.3, -0.25) is 0 Å². The van der Waals surface area contributed by atoms with Crippen LogP contribution < -0.4 is 4.74 Å². The highest BCUT2D eigenvalue weighted by Gasteiger charge is 2.33. The minimum atomic E-state index is -4.44. The number of nitrogens with zero attached hydrogens (tertiary/aromatic N) is 1. The van der Waals surface area contributed by atoms with Gasteiger partial charge in [-0.05, 0) is 35.4 Å². The third-order valence-corrected chi connectivity index (χ3v) is 3.97. The average molecular weight is 382 g/mol. The van der Waals surface area contributed by atoms with Gasteiger partial charge in [0.15, 0.2) is 0 Å². The number of pyridine rings is 1. The van der Waals surface area contributed by atoms with Crippen LogP contribution in [-0.2, 0) is 6.18 Å². The number of fused-ring (bicyclic) bond motifs is 1. The van der Waals surface area contributed by atoms with Gasteiger partial charge in [-0.25, -0.2) is 4.98 Å². The highest BCUT2D eigenvalue weighted by molar-refractivity contribution is 9.10. The zero-order valence-electron chi connectivity index (χ0n) is 12.0. The van der Waals surface area contributed by atoms with E-state index in [0.717, 1.165) is 10.5 Å². The summed E-state index contributed by atoms with van der Waals surface area (Å²) >= 11 is 3.35. The molecule has 2 nitrogen and oxygen atoms in total. The number of halogens is 4. The van der Waals surface area contributed by atoms with Gasteiger partial charge in [-0.15, -0.1) is 0 Å². The van der Waals surface area contributed by atoms with Crippen molar-refractivity contribution >= 4 is 26.8 Å². The Kier molecular flexibility index (Phi) is 4.02. The van der Waals surface area contributed by atoms with Crippen molar-refractivity contribution in [3.63, 3.8) is 0 Å². The Hall–Kier alpha value is -2.08.